The molecule has 3 rings (SSSR count). The summed E-state index contributed by atoms with van der Waals surface area (Å²) in [5.74, 6) is 0.820. The summed E-state index contributed by atoms with van der Waals surface area (Å²) in [5, 5.41) is 4.12. The van der Waals surface area contributed by atoms with Gasteiger partial charge < -0.3 is 14.3 Å². The first-order valence-corrected chi connectivity index (χ1v) is 7.63. The van der Waals surface area contributed by atoms with E-state index in [-0.39, 0.29) is 5.91 Å². The molecule has 22 heavy (non-hydrogen) atoms. The van der Waals surface area contributed by atoms with Crippen LogP contribution in [0, 0.1) is 0 Å². The molecule has 4 nitrogen and oxygen atoms in total. The van der Waals surface area contributed by atoms with Gasteiger partial charge in [0.2, 0.25) is 5.91 Å². The molecule has 0 atom stereocenters. The van der Waals surface area contributed by atoms with E-state index in [0.717, 1.165) is 18.7 Å². The van der Waals surface area contributed by atoms with Crippen LogP contribution >= 0.6 is 0 Å². The number of hydrogen-bond donors (Lipinski definition) is 1. The molecule has 4 heteroatoms. The average molecular weight is 296 g/mol. The van der Waals surface area contributed by atoms with Crippen molar-refractivity contribution in [2.75, 3.05) is 0 Å². The summed E-state index contributed by atoms with van der Waals surface area (Å²) in [6.45, 7) is 3.51. The van der Waals surface area contributed by atoms with Crippen molar-refractivity contribution < 1.29 is 9.21 Å². The zero-order chi connectivity index (χ0) is 15.4. The minimum Gasteiger partial charge on any atom is -0.467 e. The van der Waals surface area contributed by atoms with Gasteiger partial charge in [-0.2, -0.15) is 0 Å². The first-order valence-electron chi connectivity index (χ1n) is 7.63. The highest BCUT2D eigenvalue weighted by atomic mass is 16.3. The molecule has 0 aliphatic rings. The standard InChI is InChI=1S/C18H20N2O2/c1-2-20-13-14(16-7-3-4-8-17(16)20)9-10-18(21)19-12-15-6-5-11-22-15/h3-8,11,13H,2,9-10,12H2,1H3,(H,19,21). The highest BCUT2D eigenvalue weighted by molar-refractivity contribution is 5.85. The Labute approximate surface area is 129 Å². The Balaban J connectivity index is 1.62. The van der Waals surface area contributed by atoms with E-state index in [0.29, 0.717) is 13.0 Å². The van der Waals surface area contributed by atoms with Crippen molar-refractivity contribution in [2.45, 2.75) is 32.9 Å². The normalized spacial score (nSPS) is 11.0. The van der Waals surface area contributed by atoms with E-state index in [1.807, 2.05) is 24.3 Å². The molecular weight excluding hydrogens is 276 g/mol. The highest BCUT2D eigenvalue weighted by Crippen LogP contribution is 2.22. The van der Waals surface area contributed by atoms with Crippen molar-refractivity contribution in [3.05, 3.63) is 60.2 Å². The van der Waals surface area contributed by atoms with Crippen molar-refractivity contribution in [3.63, 3.8) is 0 Å². The van der Waals surface area contributed by atoms with E-state index in [1.54, 1.807) is 6.26 Å². The van der Waals surface area contributed by atoms with E-state index in [4.69, 9.17) is 4.42 Å². The molecule has 0 unspecified atom stereocenters. The fourth-order valence-corrected chi connectivity index (χ4v) is 2.72. The maximum Gasteiger partial charge on any atom is 0.220 e. The topological polar surface area (TPSA) is 47.2 Å². The highest BCUT2D eigenvalue weighted by Gasteiger charge is 2.09. The Morgan fingerprint density at radius 2 is 2.09 bits per heavy atom. The van der Waals surface area contributed by atoms with Crippen molar-refractivity contribution in [1.29, 1.82) is 0 Å². The zero-order valence-corrected chi connectivity index (χ0v) is 12.7. The number of nitrogens with one attached hydrogen (secondary N) is 1. The summed E-state index contributed by atoms with van der Waals surface area (Å²) in [6.07, 6.45) is 5.00. The molecule has 1 amide bonds. The molecule has 0 bridgehead atoms. The van der Waals surface area contributed by atoms with Gasteiger partial charge in [-0.3, -0.25) is 4.79 Å². The molecule has 0 saturated heterocycles. The molecule has 0 fully saturated rings. The molecule has 0 aliphatic carbocycles. The number of amides is 1. The largest absolute Gasteiger partial charge is 0.467 e. The van der Waals surface area contributed by atoms with Crippen LogP contribution in [0.15, 0.2) is 53.3 Å². The fraction of sp³-hybridized carbons (Fsp3) is 0.278. The van der Waals surface area contributed by atoms with Crippen LogP contribution in [-0.2, 0) is 24.3 Å². The third kappa shape index (κ3) is 3.06. The Kier molecular flexibility index (Phi) is 4.28. The van der Waals surface area contributed by atoms with E-state index < -0.39 is 0 Å². The van der Waals surface area contributed by atoms with Gasteiger partial charge in [0.15, 0.2) is 0 Å². The third-order valence-corrected chi connectivity index (χ3v) is 3.87. The molecule has 0 saturated carbocycles. The monoisotopic (exact) mass is 296 g/mol. The summed E-state index contributed by atoms with van der Waals surface area (Å²) >= 11 is 0. The zero-order valence-electron chi connectivity index (χ0n) is 12.7. The van der Waals surface area contributed by atoms with Crippen LogP contribution in [0.25, 0.3) is 10.9 Å². The minimum absolute atomic E-state index is 0.0460. The molecule has 1 N–H and O–H groups in total. The summed E-state index contributed by atoms with van der Waals surface area (Å²) in [6, 6.07) is 12.0. The van der Waals surface area contributed by atoms with Gasteiger partial charge in [0.05, 0.1) is 12.8 Å². The molecular formula is C18H20N2O2. The second-order valence-electron chi connectivity index (χ2n) is 5.31. The predicted molar refractivity (Wildman–Crippen MR) is 86.5 cm³/mol. The molecule has 2 aromatic heterocycles. The molecule has 114 valence electrons. The van der Waals surface area contributed by atoms with Gasteiger partial charge in [-0.15, -0.1) is 0 Å². The molecule has 3 aromatic rings. The van der Waals surface area contributed by atoms with Gasteiger partial charge in [0.1, 0.15) is 5.76 Å². The lowest BCUT2D eigenvalue weighted by Gasteiger charge is -2.03. The Morgan fingerprint density at radius 1 is 1.23 bits per heavy atom. The molecule has 0 spiro atoms. The van der Waals surface area contributed by atoms with Crippen LogP contribution in [0.2, 0.25) is 0 Å². The first-order chi connectivity index (χ1) is 10.8. The number of para-hydroxylation sites is 1. The summed E-state index contributed by atoms with van der Waals surface area (Å²) in [5.41, 5.74) is 2.46. The molecule has 0 radical (unpaired) electrons. The number of carbonyl (C=O) groups is 1. The Bertz CT molecular complexity index is 757. The van der Waals surface area contributed by atoms with Crippen molar-refractivity contribution in [2.24, 2.45) is 0 Å². The fourth-order valence-electron chi connectivity index (χ4n) is 2.72. The number of furan rings is 1. The van der Waals surface area contributed by atoms with Crippen molar-refractivity contribution >= 4 is 16.8 Å². The number of fused-ring (bicyclic) bond motifs is 1. The maximum atomic E-state index is 12.0. The maximum absolute atomic E-state index is 12.0. The number of rotatable bonds is 6. The molecule has 0 aliphatic heterocycles. The van der Waals surface area contributed by atoms with Gasteiger partial charge >= 0.3 is 0 Å². The number of carbonyl (C=O) groups excluding carboxylic acids is 1. The van der Waals surface area contributed by atoms with Gasteiger partial charge in [-0.25, -0.2) is 0 Å². The minimum atomic E-state index is 0.0460. The number of benzene rings is 1. The van der Waals surface area contributed by atoms with Crippen LogP contribution in [0.4, 0.5) is 0 Å². The quantitative estimate of drug-likeness (QED) is 0.756. The van der Waals surface area contributed by atoms with Gasteiger partial charge in [0.25, 0.3) is 0 Å². The second kappa shape index (κ2) is 6.52. The van der Waals surface area contributed by atoms with Crippen molar-refractivity contribution in [3.8, 4) is 0 Å². The van der Waals surface area contributed by atoms with E-state index in [1.165, 1.54) is 16.5 Å². The van der Waals surface area contributed by atoms with Gasteiger partial charge in [0, 0.05) is 30.1 Å². The summed E-state index contributed by atoms with van der Waals surface area (Å²) in [4.78, 5) is 12.0. The van der Waals surface area contributed by atoms with E-state index >= 15 is 0 Å². The second-order valence-corrected chi connectivity index (χ2v) is 5.31. The van der Waals surface area contributed by atoms with Gasteiger partial charge in [-0.1, -0.05) is 18.2 Å². The van der Waals surface area contributed by atoms with Crippen LogP contribution in [0.5, 0.6) is 0 Å². The smallest absolute Gasteiger partial charge is 0.220 e. The number of aromatic nitrogens is 1. The predicted octanol–water partition coefficient (Wildman–Crippen LogP) is 3.50. The average Bonchev–Trinajstić information content (AvgIpc) is 3.18. The third-order valence-electron chi connectivity index (χ3n) is 3.87. The van der Waals surface area contributed by atoms with Crippen molar-refractivity contribution in [1.82, 2.24) is 9.88 Å². The van der Waals surface area contributed by atoms with Crippen LogP contribution in [-0.4, -0.2) is 10.5 Å². The van der Waals surface area contributed by atoms with E-state index in [2.05, 4.69) is 35.1 Å². The number of aryl methyl sites for hydroxylation is 2. The van der Waals surface area contributed by atoms with Gasteiger partial charge in [-0.05, 0) is 37.1 Å². The van der Waals surface area contributed by atoms with Crippen LogP contribution in [0.1, 0.15) is 24.7 Å². The number of nitrogens with zero attached hydrogens (tertiary/aromatic N) is 1. The molecule has 1 aromatic carbocycles. The molecule has 2 heterocycles. The summed E-state index contributed by atoms with van der Waals surface area (Å²) < 4.78 is 7.43. The SMILES string of the molecule is CCn1cc(CCC(=O)NCc2ccco2)c2ccccc21. The number of hydrogen-bond acceptors (Lipinski definition) is 2. The van der Waals surface area contributed by atoms with E-state index in [9.17, 15) is 4.79 Å². The lowest BCUT2D eigenvalue weighted by atomic mass is 10.1. The first kappa shape index (κ1) is 14.4. The lowest BCUT2D eigenvalue weighted by Crippen LogP contribution is -2.22. The Morgan fingerprint density at radius 3 is 2.86 bits per heavy atom. The Hall–Kier alpha value is -2.49. The lowest BCUT2D eigenvalue weighted by molar-refractivity contribution is -0.121. The van der Waals surface area contributed by atoms with Crippen LogP contribution in [0.3, 0.4) is 0 Å². The summed E-state index contributed by atoms with van der Waals surface area (Å²) in [7, 11) is 0. The van der Waals surface area contributed by atoms with Crippen LogP contribution < -0.4 is 5.32 Å².